The minimum absolute atomic E-state index is 0.206. The number of carbonyl (C=O) groups is 2. The maximum absolute atomic E-state index is 12.3. The summed E-state index contributed by atoms with van der Waals surface area (Å²) in [5.74, 6) is -0.548. The first-order valence-corrected chi connectivity index (χ1v) is 7.54. The molecule has 0 aliphatic carbocycles. The number of anilines is 1. The highest BCUT2D eigenvalue weighted by Crippen LogP contribution is 2.14. The highest BCUT2D eigenvalue weighted by molar-refractivity contribution is 6.02. The molecule has 2 aromatic rings. The Balaban J connectivity index is 2.05. The van der Waals surface area contributed by atoms with Gasteiger partial charge in [-0.05, 0) is 5.92 Å². The molecule has 0 bridgehead atoms. The summed E-state index contributed by atoms with van der Waals surface area (Å²) in [4.78, 5) is 34.4. The summed E-state index contributed by atoms with van der Waals surface area (Å²) in [5, 5.41) is 23.7. The fraction of sp³-hybridized carbons (Fsp3) is 0.429. The SMILES string of the molecule is CC(C)CNC(=O)c1c(NC(=O)Cn2cc([N+](=O)[O-])cn2)cnn1C. The first-order chi connectivity index (χ1) is 11.8. The topological polar surface area (TPSA) is 137 Å². The van der Waals surface area contributed by atoms with Gasteiger partial charge in [0.05, 0.1) is 16.8 Å². The molecular formula is C14H19N7O4. The molecule has 0 radical (unpaired) electrons. The molecule has 0 unspecified atom stereocenters. The Morgan fingerprint density at radius 2 is 2.04 bits per heavy atom. The lowest BCUT2D eigenvalue weighted by Gasteiger charge is -2.10. The van der Waals surface area contributed by atoms with E-state index in [4.69, 9.17) is 0 Å². The normalized spacial score (nSPS) is 10.7. The van der Waals surface area contributed by atoms with E-state index in [9.17, 15) is 19.7 Å². The van der Waals surface area contributed by atoms with E-state index in [0.29, 0.717) is 6.54 Å². The molecule has 2 N–H and O–H groups in total. The molecule has 25 heavy (non-hydrogen) atoms. The third-order valence-electron chi connectivity index (χ3n) is 3.23. The Bertz CT molecular complexity index is 793. The minimum Gasteiger partial charge on any atom is -0.350 e. The lowest BCUT2D eigenvalue weighted by Crippen LogP contribution is -2.30. The van der Waals surface area contributed by atoms with Gasteiger partial charge in [0.1, 0.15) is 24.6 Å². The Labute approximate surface area is 143 Å². The number of carbonyl (C=O) groups excluding carboxylic acids is 2. The van der Waals surface area contributed by atoms with Crippen LogP contribution in [0.5, 0.6) is 0 Å². The lowest BCUT2D eigenvalue weighted by atomic mass is 10.2. The van der Waals surface area contributed by atoms with Crippen LogP contribution < -0.4 is 10.6 Å². The van der Waals surface area contributed by atoms with Gasteiger partial charge in [-0.25, -0.2) is 0 Å². The van der Waals surface area contributed by atoms with E-state index < -0.39 is 10.8 Å². The summed E-state index contributed by atoms with van der Waals surface area (Å²) >= 11 is 0. The van der Waals surface area contributed by atoms with E-state index in [1.807, 2.05) is 13.8 Å². The van der Waals surface area contributed by atoms with Crippen molar-refractivity contribution in [3.8, 4) is 0 Å². The van der Waals surface area contributed by atoms with E-state index in [0.717, 1.165) is 17.1 Å². The first kappa shape index (κ1) is 18.1. The van der Waals surface area contributed by atoms with Crippen LogP contribution in [0.3, 0.4) is 0 Å². The Morgan fingerprint density at radius 3 is 2.64 bits per heavy atom. The van der Waals surface area contributed by atoms with Gasteiger partial charge in [-0.1, -0.05) is 13.8 Å². The summed E-state index contributed by atoms with van der Waals surface area (Å²) < 4.78 is 2.51. The van der Waals surface area contributed by atoms with Gasteiger partial charge < -0.3 is 10.6 Å². The zero-order valence-electron chi connectivity index (χ0n) is 14.1. The second-order valence-corrected chi connectivity index (χ2v) is 5.84. The van der Waals surface area contributed by atoms with Crippen LogP contribution in [-0.2, 0) is 18.4 Å². The van der Waals surface area contributed by atoms with Crippen molar-refractivity contribution in [3.63, 3.8) is 0 Å². The number of nitro groups is 1. The molecular weight excluding hydrogens is 330 g/mol. The average molecular weight is 349 g/mol. The number of aromatic nitrogens is 4. The summed E-state index contributed by atoms with van der Waals surface area (Å²) in [7, 11) is 1.59. The van der Waals surface area contributed by atoms with Crippen LogP contribution in [0.1, 0.15) is 24.3 Å². The Morgan fingerprint density at radius 1 is 1.32 bits per heavy atom. The van der Waals surface area contributed by atoms with Crippen molar-refractivity contribution in [2.45, 2.75) is 20.4 Å². The highest BCUT2D eigenvalue weighted by atomic mass is 16.6. The second-order valence-electron chi connectivity index (χ2n) is 5.84. The van der Waals surface area contributed by atoms with E-state index in [1.54, 1.807) is 7.05 Å². The van der Waals surface area contributed by atoms with E-state index in [1.165, 1.54) is 10.9 Å². The van der Waals surface area contributed by atoms with Crippen LogP contribution in [0.15, 0.2) is 18.6 Å². The Kier molecular flexibility index (Phi) is 5.47. The Hall–Kier alpha value is -3.24. The average Bonchev–Trinajstić information content (AvgIpc) is 3.12. The molecule has 0 saturated heterocycles. The summed E-state index contributed by atoms with van der Waals surface area (Å²) in [6, 6.07) is 0. The third-order valence-corrected chi connectivity index (χ3v) is 3.23. The van der Waals surface area contributed by atoms with Gasteiger partial charge in [0.25, 0.3) is 5.91 Å². The van der Waals surface area contributed by atoms with E-state index in [-0.39, 0.29) is 35.4 Å². The van der Waals surface area contributed by atoms with Gasteiger partial charge in [-0.15, -0.1) is 0 Å². The molecule has 2 amide bonds. The maximum Gasteiger partial charge on any atom is 0.307 e. The molecule has 2 heterocycles. The molecule has 0 aromatic carbocycles. The summed E-state index contributed by atoms with van der Waals surface area (Å²) in [6.45, 7) is 4.20. The highest BCUT2D eigenvalue weighted by Gasteiger charge is 2.19. The zero-order chi connectivity index (χ0) is 18.6. The molecule has 0 spiro atoms. The largest absolute Gasteiger partial charge is 0.350 e. The lowest BCUT2D eigenvalue weighted by molar-refractivity contribution is -0.385. The molecule has 2 aromatic heterocycles. The molecule has 11 heteroatoms. The second kappa shape index (κ2) is 7.55. The van der Waals surface area contributed by atoms with Gasteiger partial charge in [0.2, 0.25) is 5.91 Å². The summed E-state index contributed by atoms with van der Waals surface area (Å²) in [5.41, 5.74) is 0.277. The van der Waals surface area contributed by atoms with Crippen LogP contribution in [0.2, 0.25) is 0 Å². The van der Waals surface area contributed by atoms with Crippen molar-refractivity contribution in [1.29, 1.82) is 0 Å². The number of nitrogens with zero attached hydrogens (tertiary/aromatic N) is 5. The predicted molar refractivity (Wildman–Crippen MR) is 87.9 cm³/mol. The van der Waals surface area contributed by atoms with Crippen LogP contribution >= 0.6 is 0 Å². The zero-order valence-corrected chi connectivity index (χ0v) is 14.1. The van der Waals surface area contributed by atoms with E-state index in [2.05, 4.69) is 20.8 Å². The maximum atomic E-state index is 12.3. The van der Waals surface area contributed by atoms with Crippen LogP contribution in [0.4, 0.5) is 11.4 Å². The molecule has 134 valence electrons. The monoisotopic (exact) mass is 349 g/mol. The fourth-order valence-electron chi connectivity index (χ4n) is 2.05. The number of hydrogen-bond donors (Lipinski definition) is 2. The number of amides is 2. The quantitative estimate of drug-likeness (QED) is 0.553. The van der Waals surface area contributed by atoms with Crippen LogP contribution in [0, 0.1) is 16.0 Å². The van der Waals surface area contributed by atoms with Crippen molar-refractivity contribution >= 4 is 23.2 Å². The molecule has 2 rings (SSSR count). The predicted octanol–water partition coefficient (Wildman–Crippen LogP) is 0.549. The molecule has 0 atom stereocenters. The summed E-state index contributed by atoms with van der Waals surface area (Å²) in [6.07, 6.45) is 3.58. The van der Waals surface area contributed by atoms with Gasteiger partial charge in [0.15, 0.2) is 0 Å². The molecule has 0 fully saturated rings. The van der Waals surface area contributed by atoms with Gasteiger partial charge in [0, 0.05) is 13.6 Å². The van der Waals surface area contributed by atoms with E-state index >= 15 is 0 Å². The smallest absolute Gasteiger partial charge is 0.307 e. The third kappa shape index (κ3) is 4.62. The van der Waals surface area contributed by atoms with Crippen molar-refractivity contribution in [3.05, 3.63) is 34.4 Å². The molecule has 0 saturated carbocycles. The van der Waals surface area contributed by atoms with Gasteiger partial charge in [-0.3, -0.25) is 29.1 Å². The van der Waals surface area contributed by atoms with Gasteiger partial charge >= 0.3 is 5.69 Å². The van der Waals surface area contributed by atoms with Crippen molar-refractivity contribution in [1.82, 2.24) is 24.9 Å². The standard InChI is InChI=1S/C14H19N7O4/c1-9(2)4-15-14(23)13-11(6-16-19(13)3)18-12(22)8-20-7-10(5-17-20)21(24)25/h5-7,9H,4,8H2,1-3H3,(H,15,23)(H,18,22). The molecule has 0 aliphatic heterocycles. The minimum atomic E-state index is -0.598. The number of aryl methyl sites for hydroxylation is 1. The van der Waals surface area contributed by atoms with Crippen molar-refractivity contribution in [2.24, 2.45) is 13.0 Å². The van der Waals surface area contributed by atoms with Crippen LogP contribution in [0.25, 0.3) is 0 Å². The fourth-order valence-corrected chi connectivity index (χ4v) is 2.05. The van der Waals surface area contributed by atoms with Crippen LogP contribution in [-0.4, -0.2) is 42.8 Å². The molecule has 11 nitrogen and oxygen atoms in total. The number of rotatable bonds is 7. The van der Waals surface area contributed by atoms with Crippen molar-refractivity contribution in [2.75, 3.05) is 11.9 Å². The number of nitrogens with one attached hydrogen (secondary N) is 2. The van der Waals surface area contributed by atoms with Crippen molar-refractivity contribution < 1.29 is 14.5 Å². The number of hydrogen-bond acceptors (Lipinski definition) is 6. The first-order valence-electron chi connectivity index (χ1n) is 7.54. The molecule has 0 aliphatic rings. The van der Waals surface area contributed by atoms with Gasteiger partial charge in [-0.2, -0.15) is 10.2 Å².